The van der Waals surface area contributed by atoms with Gasteiger partial charge in [0.05, 0.1) is 25.3 Å². The molecule has 2 heterocycles. The summed E-state index contributed by atoms with van der Waals surface area (Å²) in [6.45, 7) is 3.85. The molecule has 3 aromatic rings. The fourth-order valence-electron chi connectivity index (χ4n) is 2.37. The smallest absolute Gasteiger partial charge is 0.279 e. The first-order chi connectivity index (χ1) is 11.8. The molecule has 0 aliphatic rings. The van der Waals surface area contributed by atoms with Crippen LogP contribution < -0.4 is 9.47 Å². The lowest BCUT2D eigenvalue weighted by Crippen LogP contribution is -2.02. The Labute approximate surface area is 158 Å². The van der Waals surface area contributed by atoms with Gasteiger partial charge in [-0.15, -0.1) is 0 Å². The largest absolute Gasteiger partial charge is 0.477 e. The summed E-state index contributed by atoms with van der Waals surface area (Å²) in [5.74, 6) is 0.632. The SMILES string of the molecule is COc1nc2cc(C)c(C)c(-c3noc(C(Cl)(Cl)Cl)n3)c2nc1OC. The van der Waals surface area contributed by atoms with Gasteiger partial charge in [0.25, 0.3) is 21.4 Å². The van der Waals surface area contributed by atoms with Crippen LogP contribution in [0.1, 0.15) is 17.0 Å². The minimum absolute atomic E-state index is 0.130. The quantitative estimate of drug-likeness (QED) is 0.608. The number of methoxy groups -OCH3 is 2. The molecule has 0 radical (unpaired) electrons. The molecule has 1 aromatic carbocycles. The summed E-state index contributed by atoms with van der Waals surface area (Å²) < 4.78 is 13.7. The molecule has 0 bridgehead atoms. The Hall–Kier alpha value is -1.83. The summed E-state index contributed by atoms with van der Waals surface area (Å²) in [5.41, 5.74) is 3.59. The van der Waals surface area contributed by atoms with Crippen molar-refractivity contribution in [3.8, 4) is 23.1 Å². The molecule has 0 fully saturated rings. The molecule has 0 N–H and O–H groups in total. The minimum atomic E-state index is -1.81. The number of hydrogen-bond acceptors (Lipinski definition) is 7. The normalized spacial score (nSPS) is 11.8. The average molecular weight is 404 g/mol. The lowest BCUT2D eigenvalue weighted by atomic mass is 10.0. The zero-order chi connectivity index (χ0) is 18.4. The Balaban J connectivity index is 2.33. The molecule has 0 saturated carbocycles. The Morgan fingerprint density at radius 1 is 1.00 bits per heavy atom. The van der Waals surface area contributed by atoms with Crippen molar-refractivity contribution in [1.29, 1.82) is 0 Å². The molecule has 10 heteroatoms. The number of alkyl halides is 3. The molecular formula is C15H13Cl3N4O3. The number of aryl methyl sites for hydroxylation is 1. The molecule has 132 valence electrons. The van der Waals surface area contributed by atoms with Crippen molar-refractivity contribution in [2.24, 2.45) is 0 Å². The first-order valence-corrected chi connectivity index (χ1v) is 8.20. The van der Waals surface area contributed by atoms with E-state index in [1.165, 1.54) is 14.2 Å². The van der Waals surface area contributed by atoms with Crippen LogP contribution >= 0.6 is 34.8 Å². The number of ether oxygens (including phenoxy) is 2. The second kappa shape index (κ2) is 6.48. The van der Waals surface area contributed by atoms with Crippen molar-refractivity contribution in [3.63, 3.8) is 0 Å². The third-order valence-electron chi connectivity index (χ3n) is 3.70. The van der Waals surface area contributed by atoms with Crippen molar-refractivity contribution in [1.82, 2.24) is 20.1 Å². The number of nitrogens with zero attached hydrogens (tertiary/aromatic N) is 4. The highest BCUT2D eigenvalue weighted by atomic mass is 35.6. The molecule has 3 rings (SSSR count). The van der Waals surface area contributed by atoms with Crippen LogP contribution in [-0.2, 0) is 3.79 Å². The number of halogens is 3. The zero-order valence-corrected chi connectivity index (χ0v) is 16.0. The van der Waals surface area contributed by atoms with Gasteiger partial charge in [-0.05, 0) is 31.0 Å². The van der Waals surface area contributed by atoms with E-state index in [2.05, 4.69) is 20.1 Å². The minimum Gasteiger partial charge on any atom is -0.477 e. The van der Waals surface area contributed by atoms with Gasteiger partial charge < -0.3 is 14.0 Å². The van der Waals surface area contributed by atoms with Gasteiger partial charge >= 0.3 is 0 Å². The standard InChI is InChI=1S/C15H13Cl3N4O3/c1-6-5-8-10(20-13(24-4)12(19-8)23-3)9(7(6)2)11-21-14(25-22-11)15(16,17)18/h5H,1-4H3. The lowest BCUT2D eigenvalue weighted by Gasteiger charge is -2.12. The van der Waals surface area contributed by atoms with Crippen molar-refractivity contribution in [2.75, 3.05) is 14.2 Å². The summed E-state index contributed by atoms with van der Waals surface area (Å²) in [7, 11) is 2.97. The van der Waals surface area contributed by atoms with Crippen LogP contribution in [-0.4, -0.2) is 34.3 Å². The predicted octanol–water partition coefficient (Wildman–Crippen LogP) is 4.14. The Bertz CT molecular complexity index is 953. The van der Waals surface area contributed by atoms with E-state index < -0.39 is 3.79 Å². The third-order valence-corrected chi connectivity index (χ3v) is 4.18. The number of aromatic nitrogens is 4. The Morgan fingerprint density at radius 2 is 1.64 bits per heavy atom. The highest BCUT2D eigenvalue weighted by Crippen LogP contribution is 2.39. The monoisotopic (exact) mass is 402 g/mol. The van der Waals surface area contributed by atoms with Gasteiger partial charge in [-0.25, -0.2) is 9.97 Å². The maximum Gasteiger partial charge on any atom is 0.279 e. The second-order valence-electron chi connectivity index (χ2n) is 5.22. The molecule has 0 aliphatic heterocycles. The molecule has 0 aliphatic carbocycles. The topological polar surface area (TPSA) is 83.2 Å². The van der Waals surface area contributed by atoms with E-state index in [4.69, 9.17) is 48.8 Å². The molecule has 0 atom stereocenters. The van der Waals surface area contributed by atoms with Gasteiger partial charge in [0, 0.05) is 0 Å². The van der Waals surface area contributed by atoms with Gasteiger partial charge in [-0.1, -0.05) is 40.0 Å². The molecule has 25 heavy (non-hydrogen) atoms. The van der Waals surface area contributed by atoms with Crippen LogP contribution in [0, 0.1) is 13.8 Å². The number of rotatable bonds is 3. The summed E-state index contributed by atoms with van der Waals surface area (Å²) in [5, 5.41) is 3.92. The first-order valence-electron chi connectivity index (χ1n) is 7.07. The molecule has 7 nitrogen and oxygen atoms in total. The molecule has 0 spiro atoms. The van der Waals surface area contributed by atoms with Gasteiger partial charge in [-0.3, -0.25) is 0 Å². The first kappa shape index (κ1) is 18.0. The van der Waals surface area contributed by atoms with Crippen LogP contribution in [0.2, 0.25) is 0 Å². The van der Waals surface area contributed by atoms with Gasteiger partial charge in [0.2, 0.25) is 5.82 Å². The van der Waals surface area contributed by atoms with Gasteiger partial charge in [-0.2, -0.15) is 4.98 Å². The highest BCUT2D eigenvalue weighted by Gasteiger charge is 2.31. The van der Waals surface area contributed by atoms with Crippen molar-refractivity contribution < 1.29 is 14.0 Å². The maximum absolute atomic E-state index is 5.81. The zero-order valence-electron chi connectivity index (χ0n) is 13.7. The molecular weight excluding hydrogens is 391 g/mol. The van der Waals surface area contributed by atoms with E-state index in [-0.39, 0.29) is 23.5 Å². The van der Waals surface area contributed by atoms with E-state index in [0.717, 1.165) is 11.1 Å². The molecule has 0 saturated heterocycles. The fourth-order valence-corrected chi connectivity index (χ4v) is 2.60. The highest BCUT2D eigenvalue weighted by molar-refractivity contribution is 6.66. The van der Waals surface area contributed by atoms with Crippen LogP contribution in [0.25, 0.3) is 22.4 Å². The van der Waals surface area contributed by atoms with Crippen LogP contribution in [0.3, 0.4) is 0 Å². The van der Waals surface area contributed by atoms with E-state index >= 15 is 0 Å². The molecule has 0 unspecified atom stereocenters. The lowest BCUT2D eigenvalue weighted by molar-refractivity contribution is 0.334. The molecule has 2 aromatic heterocycles. The number of benzene rings is 1. The van der Waals surface area contributed by atoms with Crippen molar-refractivity contribution in [2.45, 2.75) is 17.6 Å². The third kappa shape index (κ3) is 3.19. The van der Waals surface area contributed by atoms with E-state index in [1.54, 1.807) is 0 Å². The van der Waals surface area contributed by atoms with Crippen molar-refractivity contribution in [3.05, 3.63) is 23.1 Å². The van der Waals surface area contributed by atoms with Crippen LogP contribution in [0.15, 0.2) is 10.6 Å². The summed E-state index contributed by atoms with van der Waals surface area (Å²) >= 11 is 17.4. The van der Waals surface area contributed by atoms with Gasteiger partial charge in [0.1, 0.15) is 5.52 Å². The average Bonchev–Trinajstić information content (AvgIpc) is 3.04. The summed E-state index contributed by atoms with van der Waals surface area (Å²) in [6, 6.07) is 1.89. The number of fused-ring (bicyclic) bond motifs is 1. The fraction of sp³-hybridized carbons (Fsp3) is 0.333. The molecule has 0 amide bonds. The van der Waals surface area contributed by atoms with Crippen LogP contribution in [0.5, 0.6) is 11.8 Å². The summed E-state index contributed by atoms with van der Waals surface area (Å²) in [4.78, 5) is 13.1. The Kier molecular flexibility index (Phi) is 4.66. The second-order valence-corrected chi connectivity index (χ2v) is 7.51. The van der Waals surface area contributed by atoms with E-state index in [0.29, 0.717) is 16.6 Å². The maximum atomic E-state index is 5.81. The van der Waals surface area contributed by atoms with Gasteiger partial charge in [0.15, 0.2) is 0 Å². The Morgan fingerprint density at radius 3 is 2.20 bits per heavy atom. The van der Waals surface area contributed by atoms with E-state index in [9.17, 15) is 0 Å². The number of hydrogen-bond donors (Lipinski definition) is 0. The summed E-state index contributed by atoms with van der Waals surface area (Å²) in [6.07, 6.45) is 0. The van der Waals surface area contributed by atoms with Crippen molar-refractivity contribution >= 4 is 45.8 Å². The van der Waals surface area contributed by atoms with E-state index in [1.807, 2.05) is 19.9 Å². The predicted molar refractivity (Wildman–Crippen MR) is 94.6 cm³/mol. The van der Waals surface area contributed by atoms with Crippen LogP contribution in [0.4, 0.5) is 0 Å².